The Morgan fingerprint density at radius 1 is 0.556 bits per heavy atom. The molecule has 1 rings (SSSR count). The van der Waals surface area contributed by atoms with Crippen molar-refractivity contribution in [1.29, 1.82) is 0 Å². The van der Waals surface area contributed by atoms with Crippen LogP contribution in [0.4, 0.5) is 39.5 Å². The summed E-state index contributed by atoms with van der Waals surface area (Å²) in [6.45, 7) is 0. The molecule has 0 nitrogen and oxygen atoms in total. The van der Waals surface area contributed by atoms with Crippen LogP contribution in [-0.2, 0) is 0 Å². The summed E-state index contributed by atoms with van der Waals surface area (Å²) < 4.78 is 112. The van der Waals surface area contributed by atoms with E-state index in [1.807, 2.05) is 0 Å². The van der Waals surface area contributed by atoms with Crippen LogP contribution in [-0.4, -0.2) is 18.5 Å². The van der Waals surface area contributed by atoms with E-state index >= 15 is 0 Å². The van der Waals surface area contributed by atoms with E-state index in [1.54, 1.807) is 0 Å². The van der Waals surface area contributed by atoms with Crippen LogP contribution in [0.15, 0.2) is 0 Å². The Labute approximate surface area is 96.1 Å². The highest BCUT2D eigenvalue weighted by molar-refractivity contribution is 4.92. The van der Waals surface area contributed by atoms with Crippen molar-refractivity contribution < 1.29 is 39.5 Å². The van der Waals surface area contributed by atoms with Crippen molar-refractivity contribution in [3.8, 4) is 0 Å². The minimum Gasteiger partial charge on any atom is -0.171 e. The van der Waals surface area contributed by atoms with Crippen molar-refractivity contribution in [2.75, 3.05) is 0 Å². The van der Waals surface area contributed by atoms with Gasteiger partial charge in [0.05, 0.1) is 17.8 Å². The van der Waals surface area contributed by atoms with Gasteiger partial charge in [0.25, 0.3) is 0 Å². The van der Waals surface area contributed by atoms with E-state index in [0.717, 1.165) is 0 Å². The Hall–Kier alpha value is -0.630. The van der Waals surface area contributed by atoms with Crippen LogP contribution in [0.5, 0.6) is 0 Å². The molecule has 1 fully saturated rings. The molecule has 0 heterocycles. The first-order valence-electron chi connectivity index (χ1n) is 5.05. The maximum Gasteiger partial charge on any atom is 0.393 e. The molecule has 18 heavy (non-hydrogen) atoms. The van der Waals surface area contributed by atoms with Gasteiger partial charge in [0.15, 0.2) is 0 Å². The lowest BCUT2D eigenvalue weighted by molar-refractivity contribution is -0.311. The largest absolute Gasteiger partial charge is 0.393 e. The smallest absolute Gasteiger partial charge is 0.171 e. The van der Waals surface area contributed by atoms with Crippen molar-refractivity contribution in [3.05, 3.63) is 0 Å². The van der Waals surface area contributed by atoms with Gasteiger partial charge in [0, 0.05) is 0 Å². The van der Waals surface area contributed by atoms with Gasteiger partial charge in [-0.05, 0) is 12.8 Å². The fourth-order valence-electron chi connectivity index (χ4n) is 2.39. The number of rotatable bonds is 0. The Balaban J connectivity index is 3.14. The second-order valence-corrected chi connectivity index (χ2v) is 4.29. The third-order valence-electron chi connectivity index (χ3n) is 3.12. The van der Waals surface area contributed by atoms with E-state index < -0.39 is 55.5 Å². The van der Waals surface area contributed by atoms with Crippen LogP contribution < -0.4 is 0 Å². The van der Waals surface area contributed by atoms with Crippen molar-refractivity contribution in [3.63, 3.8) is 0 Å². The second kappa shape index (κ2) is 4.48. The van der Waals surface area contributed by atoms with Gasteiger partial charge in [0.1, 0.15) is 0 Å². The molecule has 1 saturated carbocycles. The van der Waals surface area contributed by atoms with Gasteiger partial charge < -0.3 is 0 Å². The minimum atomic E-state index is -5.51. The number of alkyl halides is 9. The van der Waals surface area contributed by atoms with Crippen LogP contribution in [0, 0.1) is 17.8 Å². The third-order valence-corrected chi connectivity index (χ3v) is 3.12. The third kappa shape index (κ3) is 3.23. The Morgan fingerprint density at radius 3 is 1.11 bits per heavy atom. The fourth-order valence-corrected chi connectivity index (χ4v) is 2.39. The quantitative estimate of drug-likeness (QED) is 0.566. The van der Waals surface area contributed by atoms with Crippen LogP contribution in [0.2, 0.25) is 0 Å². The van der Waals surface area contributed by atoms with Crippen molar-refractivity contribution in [2.24, 2.45) is 17.8 Å². The van der Waals surface area contributed by atoms with Crippen molar-refractivity contribution >= 4 is 0 Å². The first-order chi connectivity index (χ1) is 7.85. The van der Waals surface area contributed by atoms with E-state index in [2.05, 4.69) is 0 Å². The summed E-state index contributed by atoms with van der Waals surface area (Å²) in [5.41, 5.74) is 0. The lowest BCUT2D eigenvalue weighted by atomic mass is 9.71. The van der Waals surface area contributed by atoms with Crippen molar-refractivity contribution in [1.82, 2.24) is 0 Å². The summed E-state index contributed by atoms with van der Waals surface area (Å²) in [6, 6.07) is 0. The average molecular weight is 288 g/mol. The molecule has 0 aromatic carbocycles. The predicted molar refractivity (Wildman–Crippen MR) is 42.5 cm³/mol. The lowest BCUT2D eigenvalue weighted by Gasteiger charge is -2.40. The molecule has 0 radical (unpaired) electrons. The van der Waals surface area contributed by atoms with Gasteiger partial charge in [0.2, 0.25) is 0 Å². The standard InChI is InChI=1S/C9H9F9/c10-7(11,12)4-2-1-3-5(8(13,14)15)6(4)9(16,17)18/h4-6H,1-3H2. The van der Waals surface area contributed by atoms with Gasteiger partial charge in [-0.15, -0.1) is 0 Å². The van der Waals surface area contributed by atoms with Crippen LogP contribution in [0.25, 0.3) is 0 Å². The molecule has 0 spiro atoms. The summed E-state index contributed by atoms with van der Waals surface area (Å²) >= 11 is 0. The van der Waals surface area contributed by atoms with Crippen LogP contribution in [0.1, 0.15) is 19.3 Å². The SMILES string of the molecule is FC(F)(F)C1CCCC(C(F)(F)F)C1C(F)(F)F. The minimum absolute atomic E-state index is 0.513. The fraction of sp³-hybridized carbons (Fsp3) is 1.00. The average Bonchev–Trinajstić information content (AvgIpc) is 2.12. The molecule has 0 N–H and O–H groups in total. The van der Waals surface area contributed by atoms with Gasteiger partial charge in [-0.1, -0.05) is 6.42 Å². The second-order valence-electron chi connectivity index (χ2n) is 4.29. The molecular weight excluding hydrogens is 279 g/mol. The molecule has 0 saturated heterocycles. The summed E-state index contributed by atoms with van der Waals surface area (Å²) in [6.07, 6.45) is -18.4. The van der Waals surface area contributed by atoms with E-state index in [4.69, 9.17) is 0 Å². The Morgan fingerprint density at radius 2 is 0.889 bits per heavy atom. The van der Waals surface area contributed by atoms with Gasteiger partial charge in [-0.3, -0.25) is 0 Å². The first-order valence-corrected chi connectivity index (χ1v) is 5.05. The highest BCUT2D eigenvalue weighted by Gasteiger charge is 2.64. The molecular formula is C9H9F9. The molecule has 2 unspecified atom stereocenters. The highest BCUT2D eigenvalue weighted by atomic mass is 19.4. The summed E-state index contributed by atoms with van der Waals surface area (Å²) in [5.74, 6) is -9.35. The predicted octanol–water partition coefficient (Wildman–Crippen LogP) is 4.71. The van der Waals surface area contributed by atoms with E-state index in [0.29, 0.717) is 0 Å². The Kier molecular flexibility index (Phi) is 3.84. The molecule has 0 bridgehead atoms. The first kappa shape index (κ1) is 15.4. The molecule has 0 aromatic rings. The maximum absolute atomic E-state index is 12.5. The van der Waals surface area contributed by atoms with Gasteiger partial charge in [-0.25, -0.2) is 0 Å². The van der Waals surface area contributed by atoms with E-state index in [1.165, 1.54) is 0 Å². The molecule has 0 aromatic heterocycles. The van der Waals surface area contributed by atoms with Crippen LogP contribution >= 0.6 is 0 Å². The zero-order chi connectivity index (χ0) is 14.4. The molecule has 1 aliphatic carbocycles. The van der Waals surface area contributed by atoms with Gasteiger partial charge in [-0.2, -0.15) is 39.5 Å². The Bertz CT molecular complexity index is 262. The summed E-state index contributed by atoms with van der Waals surface area (Å²) in [5, 5.41) is 0. The molecule has 108 valence electrons. The normalized spacial score (nSPS) is 31.5. The molecule has 9 heteroatoms. The molecule has 0 amide bonds. The highest BCUT2D eigenvalue weighted by Crippen LogP contribution is 2.54. The molecule has 0 aliphatic heterocycles. The summed E-state index contributed by atoms with van der Waals surface area (Å²) in [4.78, 5) is 0. The lowest BCUT2D eigenvalue weighted by Crippen LogP contribution is -2.49. The monoisotopic (exact) mass is 288 g/mol. The number of hydrogen-bond acceptors (Lipinski definition) is 0. The van der Waals surface area contributed by atoms with Gasteiger partial charge >= 0.3 is 18.5 Å². The van der Waals surface area contributed by atoms with Crippen LogP contribution in [0.3, 0.4) is 0 Å². The van der Waals surface area contributed by atoms with Crippen molar-refractivity contribution in [2.45, 2.75) is 37.8 Å². The number of halogens is 9. The number of hydrogen-bond donors (Lipinski definition) is 0. The molecule has 2 atom stereocenters. The molecule has 1 aliphatic rings. The van der Waals surface area contributed by atoms with E-state index in [-0.39, 0.29) is 0 Å². The summed E-state index contributed by atoms with van der Waals surface area (Å²) in [7, 11) is 0. The maximum atomic E-state index is 12.5. The van der Waals surface area contributed by atoms with E-state index in [9.17, 15) is 39.5 Å². The zero-order valence-corrected chi connectivity index (χ0v) is 8.76. The zero-order valence-electron chi connectivity index (χ0n) is 8.76. The topological polar surface area (TPSA) is 0 Å².